The van der Waals surface area contributed by atoms with Gasteiger partial charge in [-0.05, 0) is 30.7 Å². The van der Waals surface area contributed by atoms with Gasteiger partial charge in [-0.15, -0.1) is 0 Å². The van der Waals surface area contributed by atoms with Gasteiger partial charge in [0.1, 0.15) is 0 Å². The number of nitrogens with zero attached hydrogens (tertiary/aromatic N) is 4. The molecule has 2 heterocycles. The highest BCUT2D eigenvalue weighted by Gasteiger charge is 2.14. The van der Waals surface area contributed by atoms with Gasteiger partial charge in [0, 0.05) is 31.5 Å². The second-order valence-corrected chi connectivity index (χ2v) is 6.18. The fourth-order valence-corrected chi connectivity index (χ4v) is 2.86. The van der Waals surface area contributed by atoms with Gasteiger partial charge in [-0.25, -0.2) is 0 Å². The van der Waals surface area contributed by atoms with Crippen LogP contribution in [0.1, 0.15) is 55.8 Å². The first kappa shape index (κ1) is 15.1. The smallest absolute Gasteiger partial charge is 0.154 e. The summed E-state index contributed by atoms with van der Waals surface area (Å²) in [6, 6.07) is 0. The van der Waals surface area contributed by atoms with Crippen molar-refractivity contribution in [2.24, 2.45) is 7.05 Å². The molecule has 0 aromatic carbocycles. The topological polar surface area (TPSA) is 35.6 Å². The molecule has 0 aliphatic heterocycles. The SMILES string of the molecule is Cc1nn(C)cc1C(C)CCn1cc(C(C)C)c(Cl)n1. The number of aromatic nitrogens is 4. The summed E-state index contributed by atoms with van der Waals surface area (Å²) in [4.78, 5) is 0. The maximum Gasteiger partial charge on any atom is 0.154 e. The molecule has 0 N–H and O–H groups in total. The van der Waals surface area contributed by atoms with Gasteiger partial charge in [0.2, 0.25) is 0 Å². The highest BCUT2D eigenvalue weighted by Crippen LogP contribution is 2.25. The molecule has 0 saturated carbocycles. The van der Waals surface area contributed by atoms with Gasteiger partial charge < -0.3 is 0 Å². The van der Waals surface area contributed by atoms with E-state index in [0.717, 1.165) is 24.2 Å². The van der Waals surface area contributed by atoms with Crippen LogP contribution >= 0.6 is 11.6 Å². The largest absolute Gasteiger partial charge is 0.275 e. The highest BCUT2D eigenvalue weighted by molar-refractivity contribution is 6.30. The molecule has 0 aliphatic carbocycles. The van der Waals surface area contributed by atoms with E-state index in [1.54, 1.807) is 0 Å². The van der Waals surface area contributed by atoms with E-state index in [-0.39, 0.29) is 0 Å². The average Bonchev–Trinajstić information content (AvgIpc) is 2.89. The second kappa shape index (κ2) is 6.00. The van der Waals surface area contributed by atoms with E-state index in [2.05, 4.69) is 50.3 Å². The molecule has 0 saturated heterocycles. The van der Waals surface area contributed by atoms with Crippen LogP contribution in [0.2, 0.25) is 5.15 Å². The van der Waals surface area contributed by atoms with Crippen molar-refractivity contribution >= 4 is 11.6 Å². The maximum atomic E-state index is 6.16. The third-order valence-corrected chi connectivity index (χ3v) is 4.03. The van der Waals surface area contributed by atoms with Crippen molar-refractivity contribution < 1.29 is 0 Å². The van der Waals surface area contributed by atoms with E-state index in [1.807, 2.05) is 16.4 Å². The van der Waals surface area contributed by atoms with E-state index < -0.39 is 0 Å². The Labute approximate surface area is 125 Å². The van der Waals surface area contributed by atoms with Crippen LogP contribution in [0.25, 0.3) is 0 Å². The molecule has 0 radical (unpaired) electrons. The zero-order valence-electron chi connectivity index (χ0n) is 12.9. The Kier molecular flexibility index (Phi) is 4.53. The lowest BCUT2D eigenvalue weighted by Gasteiger charge is -2.10. The second-order valence-electron chi connectivity index (χ2n) is 5.83. The van der Waals surface area contributed by atoms with Gasteiger partial charge in [0.15, 0.2) is 5.15 Å². The third-order valence-electron chi connectivity index (χ3n) is 3.74. The van der Waals surface area contributed by atoms with Crippen molar-refractivity contribution in [3.63, 3.8) is 0 Å². The van der Waals surface area contributed by atoms with Gasteiger partial charge in [-0.1, -0.05) is 32.4 Å². The standard InChI is InChI=1S/C15H23ClN4/c1-10(2)13-9-20(18-15(13)16)7-6-11(3)14-8-19(5)17-12(14)4/h8-11H,6-7H2,1-5H3. The number of halogens is 1. The van der Waals surface area contributed by atoms with Crippen LogP contribution in [-0.4, -0.2) is 19.6 Å². The number of hydrogen-bond donors (Lipinski definition) is 0. The fourth-order valence-electron chi connectivity index (χ4n) is 2.50. The van der Waals surface area contributed by atoms with Crippen LogP contribution in [0.4, 0.5) is 0 Å². The summed E-state index contributed by atoms with van der Waals surface area (Å²) in [7, 11) is 1.96. The summed E-state index contributed by atoms with van der Waals surface area (Å²) in [6.07, 6.45) is 5.20. The molecule has 5 heteroatoms. The van der Waals surface area contributed by atoms with Crippen molar-refractivity contribution in [1.82, 2.24) is 19.6 Å². The lowest BCUT2D eigenvalue weighted by molar-refractivity contribution is 0.532. The van der Waals surface area contributed by atoms with Crippen LogP contribution in [0.15, 0.2) is 12.4 Å². The number of hydrogen-bond acceptors (Lipinski definition) is 2. The summed E-state index contributed by atoms with van der Waals surface area (Å²) < 4.78 is 3.84. The Morgan fingerprint density at radius 2 is 1.85 bits per heavy atom. The number of rotatable bonds is 5. The molecule has 0 spiro atoms. The molecule has 1 unspecified atom stereocenters. The zero-order chi connectivity index (χ0) is 14.9. The van der Waals surface area contributed by atoms with Crippen molar-refractivity contribution in [3.8, 4) is 0 Å². The van der Waals surface area contributed by atoms with E-state index in [4.69, 9.17) is 11.6 Å². The van der Waals surface area contributed by atoms with Crippen LogP contribution in [0.3, 0.4) is 0 Å². The van der Waals surface area contributed by atoms with Crippen molar-refractivity contribution in [3.05, 3.63) is 34.4 Å². The zero-order valence-corrected chi connectivity index (χ0v) is 13.6. The number of aryl methyl sites for hydroxylation is 3. The maximum absolute atomic E-state index is 6.16. The summed E-state index contributed by atoms with van der Waals surface area (Å²) in [5.74, 6) is 0.878. The lowest BCUT2D eigenvalue weighted by Crippen LogP contribution is -2.04. The first-order chi connectivity index (χ1) is 9.38. The normalized spacial score (nSPS) is 13.2. The monoisotopic (exact) mass is 294 g/mol. The Morgan fingerprint density at radius 3 is 2.35 bits per heavy atom. The van der Waals surface area contributed by atoms with Gasteiger partial charge in [0.05, 0.1) is 5.69 Å². The van der Waals surface area contributed by atoms with Crippen molar-refractivity contribution in [2.45, 2.75) is 52.5 Å². The van der Waals surface area contributed by atoms with Crippen LogP contribution in [0, 0.1) is 6.92 Å². The van der Waals surface area contributed by atoms with E-state index >= 15 is 0 Å². The first-order valence-corrected chi connectivity index (χ1v) is 7.49. The average molecular weight is 295 g/mol. The Morgan fingerprint density at radius 1 is 1.15 bits per heavy atom. The molecule has 2 rings (SSSR count). The predicted molar refractivity (Wildman–Crippen MR) is 82.3 cm³/mol. The van der Waals surface area contributed by atoms with Gasteiger partial charge >= 0.3 is 0 Å². The molecular weight excluding hydrogens is 272 g/mol. The Balaban J connectivity index is 2.01. The molecule has 0 bridgehead atoms. The van der Waals surface area contributed by atoms with Crippen LogP contribution in [0.5, 0.6) is 0 Å². The van der Waals surface area contributed by atoms with Crippen molar-refractivity contribution in [1.29, 1.82) is 0 Å². The molecule has 0 amide bonds. The predicted octanol–water partition coefficient (Wildman–Crippen LogP) is 3.90. The van der Waals surface area contributed by atoms with E-state index in [9.17, 15) is 0 Å². The minimum absolute atomic E-state index is 0.411. The molecule has 0 fully saturated rings. The van der Waals surface area contributed by atoms with Gasteiger partial charge in [-0.2, -0.15) is 10.2 Å². The quantitative estimate of drug-likeness (QED) is 0.838. The van der Waals surface area contributed by atoms with Crippen LogP contribution < -0.4 is 0 Å². The first-order valence-electron chi connectivity index (χ1n) is 7.11. The Hall–Kier alpha value is -1.29. The molecule has 2 aromatic heterocycles. The summed E-state index contributed by atoms with van der Waals surface area (Å²) in [5.41, 5.74) is 3.55. The molecule has 1 atom stereocenters. The third kappa shape index (κ3) is 3.23. The lowest BCUT2D eigenvalue weighted by atomic mass is 9.99. The molecule has 0 aliphatic rings. The summed E-state index contributed by atoms with van der Waals surface area (Å²) in [5, 5.41) is 9.42. The Bertz CT molecular complexity index is 583. The van der Waals surface area contributed by atoms with Crippen molar-refractivity contribution in [2.75, 3.05) is 0 Å². The van der Waals surface area contributed by atoms with E-state index in [0.29, 0.717) is 17.0 Å². The molecule has 2 aromatic rings. The molecule has 110 valence electrons. The summed E-state index contributed by atoms with van der Waals surface area (Å²) in [6.45, 7) is 9.44. The fraction of sp³-hybridized carbons (Fsp3) is 0.600. The molecular formula is C15H23ClN4. The minimum atomic E-state index is 0.411. The van der Waals surface area contributed by atoms with Crippen LogP contribution in [-0.2, 0) is 13.6 Å². The van der Waals surface area contributed by atoms with Gasteiger partial charge in [0.25, 0.3) is 0 Å². The summed E-state index contributed by atoms with van der Waals surface area (Å²) >= 11 is 6.16. The highest BCUT2D eigenvalue weighted by atomic mass is 35.5. The van der Waals surface area contributed by atoms with Gasteiger partial charge in [-0.3, -0.25) is 9.36 Å². The molecule has 20 heavy (non-hydrogen) atoms. The molecule has 4 nitrogen and oxygen atoms in total. The minimum Gasteiger partial charge on any atom is -0.275 e. The van der Waals surface area contributed by atoms with E-state index in [1.165, 1.54) is 5.56 Å².